The summed E-state index contributed by atoms with van der Waals surface area (Å²) in [6.45, 7) is 2.03. The molecule has 0 saturated carbocycles. The molecule has 0 aromatic carbocycles. The molecule has 1 aromatic heterocycles. The number of hydrogen-bond acceptors (Lipinski definition) is 7. The topological polar surface area (TPSA) is 128 Å². The number of H-pyrrole nitrogens is 1. The van der Waals surface area contributed by atoms with Crippen LogP contribution in [0, 0.1) is 0 Å². The molecule has 1 aliphatic heterocycles. The minimum absolute atomic E-state index is 0.0448. The molecule has 9 nitrogen and oxygen atoms in total. The Labute approximate surface area is 103 Å². The first-order valence-electron chi connectivity index (χ1n) is 5.45. The van der Waals surface area contributed by atoms with Gasteiger partial charge in [0.25, 0.3) is 0 Å². The minimum atomic E-state index is -1.89. The van der Waals surface area contributed by atoms with E-state index in [2.05, 4.69) is 9.97 Å². The third-order valence-corrected chi connectivity index (χ3v) is 2.62. The van der Waals surface area contributed by atoms with Gasteiger partial charge in [-0.3, -0.25) is 20.9 Å². The summed E-state index contributed by atoms with van der Waals surface area (Å²) in [5.41, 5.74) is 5.76. The van der Waals surface area contributed by atoms with E-state index in [1.165, 1.54) is 6.33 Å². The molecule has 1 amide bonds. The van der Waals surface area contributed by atoms with Crippen LogP contribution in [-0.4, -0.2) is 50.4 Å². The van der Waals surface area contributed by atoms with Gasteiger partial charge in [-0.25, -0.2) is 4.98 Å². The van der Waals surface area contributed by atoms with E-state index in [1.807, 2.05) is 6.92 Å². The predicted octanol–water partition coefficient (Wildman–Crippen LogP) is -0.511. The van der Waals surface area contributed by atoms with Gasteiger partial charge in [-0.1, -0.05) is 6.92 Å². The van der Waals surface area contributed by atoms with Crippen LogP contribution in [0.15, 0.2) is 6.33 Å². The lowest BCUT2D eigenvalue weighted by Crippen LogP contribution is -2.72. The van der Waals surface area contributed by atoms with Gasteiger partial charge in [0.05, 0.1) is 6.33 Å². The Morgan fingerprint density at radius 3 is 2.94 bits per heavy atom. The number of nitrogens with zero attached hydrogens (tertiary/aromatic N) is 3. The number of hydrogen-bond donors (Lipinski definition) is 4. The molecule has 9 heteroatoms. The van der Waals surface area contributed by atoms with Gasteiger partial charge in [-0.2, -0.15) is 10.1 Å². The lowest BCUT2D eigenvalue weighted by atomic mass is 10.2. The van der Waals surface area contributed by atoms with Gasteiger partial charge in [-0.15, -0.1) is 0 Å². The first-order valence-corrected chi connectivity index (χ1v) is 5.45. The Kier molecular flexibility index (Phi) is 3.22. The molecule has 1 aromatic rings. The van der Waals surface area contributed by atoms with E-state index in [0.29, 0.717) is 11.7 Å². The van der Waals surface area contributed by atoms with Crippen molar-refractivity contribution in [2.45, 2.75) is 19.1 Å². The molecule has 0 saturated heterocycles. The van der Waals surface area contributed by atoms with E-state index in [0.717, 1.165) is 6.42 Å². The third-order valence-electron chi connectivity index (χ3n) is 2.62. The molecule has 100 valence electrons. The van der Waals surface area contributed by atoms with Gasteiger partial charge < -0.3 is 9.72 Å². The second kappa shape index (κ2) is 4.53. The van der Waals surface area contributed by atoms with Gasteiger partial charge in [0.15, 0.2) is 11.5 Å². The maximum absolute atomic E-state index is 11.8. The number of carbonyl (C=O) groups excluding carboxylic acids is 1. The molecule has 0 fully saturated rings. The van der Waals surface area contributed by atoms with Crippen molar-refractivity contribution in [2.24, 2.45) is 5.73 Å². The number of aromatic amines is 1. The number of nitrogens with one attached hydrogen (secondary N) is 1. The SMILES string of the molecule is CCCOCC1(N)N(O)C(=O)c2[nH]cnc2N1O. The average molecular weight is 257 g/mol. The summed E-state index contributed by atoms with van der Waals surface area (Å²) in [5.74, 6) is -2.72. The lowest BCUT2D eigenvalue weighted by Gasteiger charge is -2.43. The molecule has 1 unspecified atom stereocenters. The molecule has 0 radical (unpaired) electrons. The molecule has 1 aliphatic rings. The molecule has 0 bridgehead atoms. The number of nitrogens with two attached hydrogens (primary N) is 1. The number of carbonyl (C=O) groups is 1. The van der Waals surface area contributed by atoms with Crippen LogP contribution in [0.1, 0.15) is 23.8 Å². The van der Waals surface area contributed by atoms with Crippen LogP contribution < -0.4 is 10.8 Å². The van der Waals surface area contributed by atoms with Crippen molar-refractivity contribution in [1.29, 1.82) is 0 Å². The van der Waals surface area contributed by atoms with E-state index in [1.54, 1.807) is 0 Å². The Bertz CT molecular complexity index is 450. The van der Waals surface area contributed by atoms with Crippen molar-refractivity contribution in [3.8, 4) is 0 Å². The third kappa shape index (κ3) is 1.73. The highest BCUT2D eigenvalue weighted by Crippen LogP contribution is 2.29. The lowest BCUT2D eigenvalue weighted by molar-refractivity contribution is -0.179. The normalized spacial score (nSPS) is 23.4. The van der Waals surface area contributed by atoms with Crippen LogP contribution in [0.3, 0.4) is 0 Å². The largest absolute Gasteiger partial charge is 0.375 e. The van der Waals surface area contributed by atoms with Crippen LogP contribution in [0.2, 0.25) is 0 Å². The second-order valence-corrected chi connectivity index (χ2v) is 3.96. The first-order chi connectivity index (χ1) is 8.52. The quantitative estimate of drug-likeness (QED) is 0.422. The number of fused-ring (bicyclic) bond motifs is 1. The maximum Gasteiger partial charge on any atom is 0.301 e. The van der Waals surface area contributed by atoms with Gasteiger partial charge >= 0.3 is 5.91 Å². The van der Waals surface area contributed by atoms with Crippen molar-refractivity contribution in [3.63, 3.8) is 0 Å². The highest BCUT2D eigenvalue weighted by atomic mass is 16.6. The zero-order valence-corrected chi connectivity index (χ0v) is 9.83. The van der Waals surface area contributed by atoms with Gasteiger partial charge in [-0.05, 0) is 6.42 Å². The van der Waals surface area contributed by atoms with Crippen LogP contribution in [0.5, 0.6) is 0 Å². The number of amides is 1. The highest BCUT2D eigenvalue weighted by Gasteiger charge is 2.49. The zero-order valence-electron chi connectivity index (χ0n) is 9.83. The highest BCUT2D eigenvalue weighted by molar-refractivity contribution is 5.98. The van der Waals surface area contributed by atoms with Crippen molar-refractivity contribution in [1.82, 2.24) is 15.0 Å². The van der Waals surface area contributed by atoms with Crippen LogP contribution in [0.25, 0.3) is 0 Å². The van der Waals surface area contributed by atoms with Crippen LogP contribution in [-0.2, 0) is 4.74 Å². The molecule has 1 atom stereocenters. The Morgan fingerprint density at radius 1 is 1.56 bits per heavy atom. The Hall–Kier alpha value is -1.68. The van der Waals surface area contributed by atoms with Gasteiger partial charge in [0.1, 0.15) is 6.61 Å². The molecule has 5 N–H and O–H groups in total. The van der Waals surface area contributed by atoms with Crippen LogP contribution >= 0.6 is 0 Å². The molecule has 2 heterocycles. The fourth-order valence-electron chi connectivity index (χ4n) is 1.65. The number of rotatable bonds is 4. The monoisotopic (exact) mass is 257 g/mol. The summed E-state index contributed by atoms with van der Waals surface area (Å²) in [4.78, 5) is 18.1. The smallest absolute Gasteiger partial charge is 0.301 e. The van der Waals surface area contributed by atoms with Gasteiger partial charge in [0.2, 0.25) is 5.79 Å². The summed E-state index contributed by atoms with van der Waals surface area (Å²) in [6, 6.07) is 0. The number of ether oxygens (including phenoxy) is 1. The molecule has 2 rings (SSSR count). The first kappa shape index (κ1) is 12.8. The predicted molar refractivity (Wildman–Crippen MR) is 58.8 cm³/mol. The summed E-state index contributed by atoms with van der Waals surface area (Å²) >= 11 is 0. The van der Waals surface area contributed by atoms with Crippen molar-refractivity contribution >= 4 is 11.7 Å². The molecular weight excluding hydrogens is 242 g/mol. The standard InChI is InChI=1S/C9H15N5O4/c1-2-3-18-4-9(10)13(16)7-6(11-5-12-7)8(15)14(9)17/h5,16-17H,2-4,10H2,1H3,(H,11,12). The van der Waals surface area contributed by atoms with E-state index in [-0.39, 0.29) is 23.2 Å². The summed E-state index contributed by atoms with van der Waals surface area (Å²) < 4.78 is 5.19. The van der Waals surface area contributed by atoms with Crippen molar-refractivity contribution in [2.75, 3.05) is 18.3 Å². The number of imidazole rings is 1. The molecule has 0 aliphatic carbocycles. The Balaban J connectivity index is 2.29. The van der Waals surface area contributed by atoms with E-state index in [9.17, 15) is 15.2 Å². The van der Waals surface area contributed by atoms with E-state index in [4.69, 9.17) is 10.5 Å². The fraction of sp³-hybridized carbons (Fsp3) is 0.556. The van der Waals surface area contributed by atoms with Gasteiger partial charge in [0, 0.05) is 6.61 Å². The van der Waals surface area contributed by atoms with Crippen LogP contribution in [0.4, 0.5) is 5.82 Å². The number of anilines is 1. The fourth-order valence-corrected chi connectivity index (χ4v) is 1.65. The van der Waals surface area contributed by atoms with E-state index < -0.39 is 11.7 Å². The molecule has 18 heavy (non-hydrogen) atoms. The Morgan fingerprint density at radius 2 is 2.28 bits per heavy atom. The zero-order chi connectivity index (χ0) is 13.3. The summed E-state index contributed by atoms with van der Waals surface area (Å²) in [7, 11) is 0. The summed E-state index contributed by atoms with van der Waals surface area (Å²) in [5, 5.41) is 20.4. The summed E-state index contributed by atoms with van der Waals surface area (Å²) in [6.07, 6.45) is 1.97. The molecular formula is C9H15N5O4. The number of hydroxylamine groups is 3. The minimum Gasteiger partial charge on any atom is -0.375 e. The van der Waals surface area contributed by atoms with E-state index >= 15 is 0 Å². The molecule has 0 spiro atoms. The van der Waals surface area contributed by atoms with Crippen molar-refractivity contribution < 1.29 is 19.9 Å². The van der Waals surface area contributed by atoms with Crippen molar-refractivity contribution in [3.05, 3.63) is 12.0 Å². The maximum atomic E-state index is 11.8. The second-order valence-electron chi connectivity index (χ2n) is 3.96. The average Bonchev–Trinajstić information content (AvgIpc) is 2.84. The number of aromatic nitrogens is 2.